The molecule has 0 amide bonds. The van der Waals surface area contributed by atoms with Crippen LogP contribution in [-0.4, -0.2) is 33.0 Å². The number of hydrogen-bond acceptors (Lipinski definition) is 3. The van der Waals surface area contributed by atoms with Gasteiger partial charge in [0, 0.05) is 11.5 Å². The van der Waals surface area contributed by atoms with Crippen LogP contribution in [0.25, 0.3) is 10.4 Å². The lowest BCUT2D eigenvalue weighted by Crippen LogP contribution is -2.06. The molecule has 0 aliphatic carbocycles. The van der Waals surface area contributed by atoms with Gasteiger partial charge in [-0.3, -0.25) is 0 Å². The molecular weight excluding hydrogens is 170 g/mol. The molecule has 0 N–H and O–H groups in total. The molecule has 0 radical (unpaired) electrons. The Balaban J connectivity index is 2.90. The monoisotopic (exact) mass is 185 g/mol. The smallest absolute Gasteiger partial charge is 0.0700 e. The molecule has 0 rings (SSSR count). The first-order valence-electron chi connectivity index (χ1n) is 4.19. The van der Waals surface area contributed by atoms with Crippen molar-refractivity contribution in [2.45, 2.75) is 6.42 Å². The molecule has 13 heavy (non-hydrogen) atoms. The van der Waals surface area contributed by atoms with Crippen molar-refractivity contribution in [3.05, 3.63) is 23.1 Å². The predicted molar refractivity (Wildman–Crippen MR) is 50.5 cm³/mol. The van der Waals surface area contributed by atoms with Crippen molar-refractivity contribution in [2.75, 3.05) is 33.0 Å². The number of azide groups is 1. The molecule has 0 unspecified atom stereocenters. The van der Waals surface area contributed by atoms with Crippen LogP contribution in [0, 0.1) is 0 Å². The van der Waals surface area contributed by atoms with E-state index >= 15 is 0 Å². The fraction of sp³-hybridized carbons (Fsp3) is 0.750. The van der Waals surface area contributed by atoms with Crippen LogP contribution in [0.15, 0.2) is 17.8 Å². The summed E-state index contributed by atoms with van der Waals surface area (Å²) in [6.45, 7) is 6.20. The average Bonchev–Trinajstić information content (AvgIpc) is 2.16. The summed E-state index contributed by atoms with van der Waals surface area (Å²) in [5.74, 6) is 0. The number of nitrogens with zero attached hydrogens (tertiary/aromatic N) is 3. The number of rotatable bonds is 9. The van der Waals surface area contributed by atoms with Gasteiger partial charge in [0.1, 0.15) is 0 Å². The maximum atomic E-state index is 7.93. The van der Waals surface area contributed by atoms with E-state index in [-0.39, 0.29) is 0 Å². The van der Waals surface area contributed by atoms with Gasteiger partial charge in [-0.1, -0.05) is 11.2 Å². The highest BCUT2D eigenvalue weighted by Gasteiger charge is 1.87. The zero-order chi connectivity index (χ0) is 9.78. The average molecular weight is 185 g/mol. The Kier molecular flexibility index (Phi) is 10.1. The van der Waals surface area contributed by atoms with Crippen molar-refractivity contribution in [3.63, 3.8) is 0 Å². The molecule has 5 heteroatoms. The predicted octanol–water partition coefficient (Wildman–Crippen LogP) is 1.91. The van der Waals surface area contributed by atoms with E-state index in [2.05, 4.69) is 16.6 Å². The van der Waals surface area contributed by atoms with Crippen LogP contribution >= 0.6 is 0 Å². The quantitative estimate of drug-likeness (QED) is 0.181. The van der Waals surface area contributed by atoms with Crippen LogP contribution in [0.3, 0.4) is 0 Å². The van der Waals surface area contributed by atoms with Gasteiger partial charge in [0.2, 0.25) is 0 Å². The molecule has 0 aromatic carbocycles. The second kappa shape index (κ2) is 11.0. The van der Waals surface area contributed by atoms with Gasteiger partial charge in [-0.2, -0.15) is 0 Å². The van der Waals surface area contributed by atoms with E-state index in [9.17, 15) is 0 Å². The highest BCUT2D eigenvalue weighted by atomic mass is 16.5. The summed E-state index contributed by atoms with van der Waals surface area (Å²) in [5, 5.41) is 3.32. The Labute approximate surface area is 78.0 Å². The van der Waals surface area contributed by atoms with Crippen LogP contribution in [0.4, 0.5) is 0 Å². The third-order valence-corrected chi connectivity index (χ3v) is 1.24. The van der Waals surface area contributed by atoms with Gasteiger partial charge in [0.25, 0.3) is 0 Å². The largest absolute Gasteiger partial charge is 0.379 e. The molecule has 0 aromatic rings. The van der Waals surface area contributed by atoms with Gasteiger partial charge in [-0.15, -0.1) is 6.58 Å². The normalized spacial score (nSPS) is 9.23. The van der Waals surface area contributed by atoms with Crippen LogP contribution < -0.4 is 0 Å². The van der Waals surface area contributed by atoms with Gasteiger partial charge < -0.3 is 9.47 Å². The van der Waals surface area contributed by atoms with Crippen molar-refractivity contribution in [1.29, 1.82) is 0 Å². The van der Waals surface area contributed by atoms with E-state index in [4.69, 9.17) is 15.0 Å². The molecule has 5 nitrogen and oxygen atoms in total. The highest BCUT2D eigenvalue weighted by molar-refractivity contribution is 4.64. The van der Waals surface area contributed by atoms with Crippen molar-refractivity contribution in [3.8, 4) is 0 Å². The third-order valence-electron chi connectivity index (χ3n) is 1.24. The molecule has 0 saturated heterocycles. The maximum absolute atomic E-state index is 7.93. The van der Waals surface area contributed by atoms with Crippen molar-refractivity contribution >= 4 is 0 Å². The minimum atomic E-state index is 0.378. The first kappa shape index (κ1) is 12.0. The second-order valence-corrected chi connectivity index (χ2v) is 2.26. The zero-order valence-electron chi connectivity index (χ0n) is 7.69. The molecule has 0 aliphatic rings. The lowest BCUT2D eigenvalue weighted by Gasteiger charge is -2.02. The van der Waals surface area contributed by atoms with E-state index in [1.54, 1.807) is 0 Å². The number of hydrogen-bond donors (Lipinski definition) is 0. The summed E-state index contributed by atoms with van der Waals surface area (Å²) in [4.78, 5) is 2.60. The molecular formula is C8H15N3O2. The second-order valence-electron chi connectivity index (χ2n) is 2.26. The lowest BCUT2D eigenvalue weighted by atomic mass is 10.5. The van der Waals surface area contributed by atoms with Crippen molar-refractivity contribution < 1.29 is 9.47 Å². The fourth-order valence-electron chi connectivity index (χ4n) is 0.639. The first-order chi connectivity index (χ1) is 6.41. The molecule has 0 fully saturated rings. The first-order valence-corrected chi connectivity index (χ1v) is 4.19. The van der Waals surface area contributed by atoms with E-state index in [0.29, 0.717) is 33.0 Å². The van der Waals surface area contributed by atoms with Gasteiger partial charge in [-0.25, -0.2) is 0 Å². The molecule has 74 valence electrons. The molecule has 0 heterocycles. The topological polar surface area (TPSA) is 67.2 Å². The molecule has 0 aliphatic heterocycles. The molecule has 0 aromatic heterocycles. The Bertz CT molecular complexity index is 167. The minimum Gasteiger partial charge on any atom is -0.379 e. The summed E-state index contributed by atoms with van der Waals surface area (Å²) < 4.78 is 10.3. The fourth-order valence-corrected chi connectivity index (χ4v) is 0.639. The van der Waals surface area contributed by atoms with E-state index in [0.717, 1.165) is 6.42 Å². The molecule has 0 atom stereocenters. The minimum absolute atomic E-state index is 0.378. The Morgan fingerprint density at radius 3 is 2.54 bits per heavy atom. The molecule has 0 saturated carbocycles. The van der Waals surface area contributed by atoms with Crippen LogP contribution in [0.5, 0.6) is 0 Å². The van der Waals surface area contributed by atoms with E-state index in [1.165, 1.54) is 0 Å². The third kappa shape index (κ3) is 11.0. The highest BCUT2D eigenvalue weighted by Crippen LogP contribution is 1.84. The molecule has 0 bridgehead atoms. The van der Waals surface area contributed by atoms with Crippen molar-refractivity contribution in [1.82, 2.24) is 0 Å². The summed E-state index contributed by atoms with van der Waals surface area (Å²) in [7, 11) is 0. The SMILES string of the molecule is C=CCCOCCOCCN=[N+]=[N-]. The lowest BCUT2D eigenvalue weighted by molar-refractivity contribution is 0.0526. The maximum Gasteiger partial charge on any atom is 0.0700 e. The van der Waals surface area contributed by atoms with Gasteiger partial charge >= 0.3 is 0 Å². The van der Waals surface area contributed by atoms with Crippen LogP contribution in [-0.2, 0) is 9.47 Å². The number of ether oxygens (including phenoxy) is 2. The van der Waals surface area contributed by atoms with Crippen molar-refractivity contribution in [2.24, 2.45) is 5.11 Å². The van der Waals surface area contributed by atoms with E-state index in [1.807, 2.05) is 6.08 Å². The standard InChI is InChI=1S/C8H15N3O2/c1-2-3-5-12-7-8-13-6-4-10-11-9/h2H,1,3-8H2. The van der Waals surface area contributed by atoms with Gasteiger partial charge in [-0.05, 0) is 12.0 Å². The Morgan fingerprint density at radius 2 is 1.92 bits per heavy atom. The summed E-state index contributed by atoms with van der Waals surface area (Å²) in [5.41, 5.74) is 7.93. The summed E-state index contributed by atoms with van der Waals surface area (Å²) in [6.07, 6.45) is 2.67. The van der Waals surface area contributed by atoms with Crippen LogP contribution in [0.2, 0.25) is 0 Å². The Morgan fingerprint density at radius 1 is 1.23 bits per heavy atom. The summed E-state index contributed by atoms with van der Waals surface area (Å²) in [6, 6.07) is 0. The Hall–Kier alpha value is -1.03. The van der Waals surface area contributed by atoms with E-state index < -0.39 is 0 Å². The van der Waals surface area contributed by atoms with Crippen LogP contribution in [0.1, 0.15) is 6.42 Å². The summed E-state index contributed by atoms with van der Waals surface area (Å²) >= 11 is 0. The van der Waals surface area contributed by atoms with Gasteiger partial charge in [0.05, 0.1) is 26.4 Å². The van der Waals surface area contributed by atoms with Gasteiger partial charge in [0.15, 0.2) is 0 Å². The molecule has 0 spiro atoms. The zero-order valence-corrected chi connectivity index (χ0v) is 7.69.